The van der Waals surface area contributed by atoms with E-state index in [4.69, 9.17) is 4.74 Å². The number of nitrogens with zero attached hydrogens (tertiary/aromatic N) is 2. The molecule has 140 valence electrons. The van der Waals surface area contributed by atoms with Crippen LogP contribution >= 0.6 is 0 Å². The third-order valence-electron chi connectivity index (χ3n) is 5.83. The normalized spacial score (nSPS) is 23.0. The van der Waals surface area contributed by atoms with Crippen LogP contribution in [0.3, 0.4) is 0 Å². The first-order valence-electron chi connectivity index (χ1n) is 9.35. The monoisotopic (exact) mass is 365 g/mol. The zero-order valence-corrected chi connectivity index (χ0v) is 15.3. The molecule has 2 aromatic rings. The highest BCUT2D eigenvalue weighted by molar-refractivity contribution is 5.92. The average Bonchev–Trinajstić information content (AvgIpc) is 3.38. The summed E-state index contributed by atoms with van der Waals surface area (Å²) >= 11 is 0. The zero-order valence-electron chi connectivity index (χ0n) is 15.3. The zero-order chi connectivity index (χ0) is 18.8. The molecular weight excluding hydrogens is 342 g/mol. The Balaban J connectivity index is 1.41. The lowest BCUT2D eigenvalue weighted by molar-refractivity contribution is -0.117. The third kappa shape index (κ3) is 3.61. The Bertz CT molecular complexity index is 867. The van der Waals surface area contributed by atoms with Gasteiger partial charge in [-0.15, -0.1) is 0 Å². The van der Waals surface area contributed by atoms with E-state index < -0.39 is 0 Å². The molecule has 7 nitrogen and oxygen atoms in total. The Hall–Kier alpha value is -3.01. The number of carbonyl (C=O) groups excluding carboxylic acids is 1. The number of benzene rings is 1. The number of hydrogen-bond acceptors (Lipinski definition) is 5. The molecule has 0 aliphatic heterocycles. The molecule has 3 N–H and O–H groups in total. The third-order valence-corrected chi connectivity index (χ3v) is 5.83. The van der Waals surface area contributed by atoms with Gasteiger partial charge in [0, 0.05) is 12.1 Å². The molecule has 0 unspecified atom stereocenters. The predicted molar refractivity (Wildman–Crippen MR) is 102 cm³/mol. The fourth-order valence-electron chi connectivity index (χ4n) is 4.50. The molecule has 7 heteroatoms. The fourth-order valence-corrected chi connectivity index (χ4v) is 4.50. The molecule has 0 saturated heterocycles. The summed E-state index contributed by atoms with van der Waals surface area (Å²) in [6, 6.07) is 9.44. The molecule has 4 rings (SSSR count). The van der Waals surface area contributed by atoms with Crippen LogP contribution in [0.1, 0.15) is 37.7 Å². The highest BCUT2D eigenvalue weighted by Gasteiger charge is 2.40. The van der Waals surface area contributed by atoms with Gasteiger partial charge in [-0.3, -0.25) is 9.89 Å². The van der Waals surface area contributed by atoms with Gasteiger partial charge in [-0.05, 0) is 61.3 Å². The van der Waals surface area contributed by atoms with Crippen molar-refractivity contribution >= 4 is 23.2 Å². The molecule has 27 heavy (non-hydrogen) atoms. The summed E-state index contributed by atoms with van der Waals surface area (Å²) in [5.74, 6) is 3.41. The molecule has 2 fully saturated rings. The molecular formula is C20H23N5O2. The highest BCUT2D eigenvalue weighted by Crippen LogP contribution is 2.49. The molecule has 3 atom stereocenters. The molecule has 2 aliphatic carbocycles. The van der Waals surface area contributed by atoms with Crippen molar-refractivity contribution in [1.29, 1.82) is 5.26 Å². The fraction of sp³-hybridized carbons (Fsp3) is 0.450. The quantitative estimate of drug-likeness (QED) is 0.722. The molecule has 1 aromatic carbocycles. The number of aromatic nitrogens is 2. The van der Waals surface area contributed by atoms with Crippen molar-refractivity contribution in [2.75, 3.05) is 17.7 Å². The van der Waals surface area contributed by atoms with E-state index >= 15 is 0 Å². The van der Waals surface area contributed by atoms with E-state index in [1.54, 1.807) is 7.11 Å². The van der Waals surface area contributed by atoms with E-state index in [1.807, 2.05) is 24.3 Å². The van der Waals surface area contributed by atoms with Gasteiger partial charge in [-0.2, -0.15) is 10.4 Å². The van der Waals surface area contributed by atoms with Crippen molar-refractivity contribution in [2.45, 2.75) is 32.1 Å². The molecule has 1 heterocycles. The van der Waals surface area contributed by atoms with Crippen LogP contribution in [0.15, 0.2) is 24.3 Å². The van der Waals surface area contributed by atoms with E-state index in [2.05, 4.69) is 26.9 Å². The van der Waals surface area contributed by atoms with Crippen LogP contribution in [-0.2, 0) is 4.79 Å². The van der Waals surface area contributed by atoms with E-state index in [0.717, 1.165) is 23.8 Å². The second kappa shape index (κ2) is 7.31. The number of nitrogens with one attached hydrogen (secondary N) is 3. The number of amides is 1. The van der Waals surface area contributed by atoms with E-state index in [9.17, 15) is 10.1 Å². The maximum Gasteiger partial charge on any atom is 0.225 e. The molecule has 2 aliphatic rings. The number of carbonyl (C=O) groups is 1. The Labute approximate surface area is 158 Å². The second-order valence-corrected chi connectivity index (χ2v) is 7.47. The minimum atomic E-state index is -0.0634. The Morgan fingerprint density at radius 1 is 1.33 bits per heavy atom. The van der Waals surface area contributed by atoms with Crippen LogP contribution in [0.2, 0.25) is 0 Å². The number of nitriles is 1. The summed E-state index contributed by atoms with van der Waals surface area (Å²) in [6.45, 7) is 0. The SMILES string of the molecule is COc1ccc(Nc2[nH]nc(NC(=O)C[C@H]3C[C@H]4CC[C@H]3C4)c2C#N)cc1. The first kappa shape index (κ1) is 17.4. The van der Waals surface area contributed by atoms with Gasteiger partial charge >= 0.3 is 0 Å². The van der Waals surface area contributed by atoms with Crippen molar-refractivity contribution in [3.05, 3.63) is 29.8 Å². The first-order chi connectivity index (χ1) is 13.2. The summed E-state index contributed by atoms with van der Waals surface area (Å²) in [7, 11) is 1.61. The van der Waals surface area contributed by atoms with Crippen LogP contribution in [0.25, 0.3) is 0 Å². The summed E-state index contributed by atoms with van der Waals surface area (Å²) in [5.41, 5.74) is 1.09. The largest absolute Gasteiger partial charge is 0.497 e. The highest BCUT2D eigenvalue weighted by atomic mass is 16.5. The van der Waals surface area contributed by atoms with Crippen LogP contribution in [0.4, 0.5) is 17.3 Å². The number of rotatable bonds is 6. The van der Waals surface area contributed by atoms with Gasteiger partial charge in [-0.25, -0.2) is 0 Å². The van der Waals surface area contributed by atoms with Gasteiger partial charge in [0.25, 0.3) is 0 Å². The van der Waals surface area contributed by atoms with Crippen molar-refractivity contribution < 1.29 is 9.53 Å². The number of anilines is 3. The van der Waals surface area contributed by atoms with Gasteiger partial charge in [0.2, 0.25) is 5.91 Å². The minimum absolute atomic E-state index is 0.0634. The molecule has 1 amide bonds. The Morgan fingerprint density at radius 2 is 2.15 bits per heavy atom. The second-order valence-electron chi connectivity index (χ2n) is 7.47. The number of H-pyrrole nitrogens is 1. The summed E-state index contributed by atoms with van der Waals surface area (Å²) < 4.78 is 5.14. The molecule has 0 radical (unpaired) electrons. The minimum Gasteiger partial charge on any atom is -0.497 e. The van der Waals surface area contributed by atoms with Crippen LogP contribution in [0, 0.1) is 29.1 Å². The predicted octanol–water partition coefficient (Wildman–Crippen LogP) is 3.80. The van der Waals surface area contributed by atoms with E-state index in [0.29, 0.717) is 29.6 Å². The summed E-state index contributed by atoms with van der Waals surface area (Å²) in [5, 5.41) is 22.3. The number of hydrogen-bond donors (Lipinski definition) is 3. The lowest BCUT2D eigenvalue weighted by Gasteiger charge is -2.20. The van der Waals surface area contributed by atoms with Gasteiger partial charge in [0.05, 0.1) is 7.11 Å². The molecule has 2 bridgehead atoms. The van der Waals surface area contributed by atoms with E-state index in [1.165, 1.54) is 19.3 Å². The topological polar surface area (TPSA) is 103 Å². The maximum atomic E-state index is 12.4. The standard InChI is InChI=1S/C20H23N5O2/c1-27-16-6-4-15(5-7-16)22-19-17(11-21)20(25-24-19)23-18(26)10-14-9-12-2-3-13(14)8-12/h4-7,12-14H,2-3,8-10H2,1H3,(H3,22,23,24,25,26)/t12-,13-,14+/m0/s1. The van der Waals surface area contributed by atoms with Gasteiger partial charge in [0.15, 0.2) is 5.82 Å². The first-order valence-corrected chi connectivity index (χ1v) is 9.35. The van der Waals surface area contributed by atoms with E-state index in [-0.39, 0.29) is 11.7 Å². The van der Waals surface area contributed by atoms with Crippen LogP contribution in [0.5, 0.6) is 5.75 Å². The van der Waals surface area contributed by atoms with Crippen molar-refractivity contribution in [3.63, 3.8) is 0 Å². The summed E-state index contributed by atoms with van der Waals surface area (Å²) in [4.78, 5) is 12.4. The molecule has 2 saturated carbocycles. The number of methoxy groups -OCH3 is 1. The van der Waals surface area contributed by atoms with Gasteiger partial charge < -0.3 is 15.4 Å². The lowest BCUT2D eigenvalue weighted by Crippen LogP contribution is -2.20. The molecule has 0 spiro atoms. The number of ether oxygens (including phenoxy) is 1. The van der Waals surface area contributed by atoms with Crippen LogP contribution in [-0.4, -0.2) is 23.2 Å². The van der Waals surface area contributed by atoms with Gasteiger partial charge in [0.1, 0.15) is 23.2 Å². The van der Waals surface area contributed by atoms with Crippen molar-refractivity contribution in [3.8, 4) is 11.8 Å². The molecule has 1 aromatic heterocycles. The Kier molecular flexibility index (Phi) is 4.71. The van der Waals surface area contributed by atoms with Crippen molar-refractivity contribution in [2.24, 2.45) is 17.8 Å². The number of aromatic amines is 1. The maximum absolute atomic E-state index is 12.4. The lowest BCUT2D eigenvalue weighted by atomic mass is 9.86. The number of fused-ring (bicyclic) bond motifs is 2. The van der Waals surface area contributed by atoms with Gasteiger partial charge in [-0.1, -0.05) is 6.42 Å². The Morgan fingerprint density at radius 3 is 2.78 bits per heavy atom. The summed E-state index contributed by atoms with van der Waals surface area (Å²) in [6.07, 6.45) is 5.53. The van der Waals surface area contributed by atoms with Crippen LogP contribution < -0.4 is 15.4 Å². The van der Waals surface area contributed by atoms with Crippen molar-refractivity contribution in [1.82, 2.24) is 10.2 Å². The average molecular weight is 365 g/mol. The smallest absolute Gasteiger partial charge is 0.225 e.